The minimum atomic E-state index is -2.96. The third kappa shape index (κ3) is 5.70. The molecule has 0 aliphatic carbocycles. The number of nitrogens with one attached hydrogen (secondary N) is 1. The quantitative estimate of drug-likeness (QED) is 0.597. The van der Waals surface area contributed by atoms with E-state index < -0.39 is 9.84 Å². The molecule has 1 aromatic heterocycles. The van der Waals surface area contributed by atoms with E-state index in [-0.39, 0.29) is 11.5 Å². The summed E-state index contributed by atoms with van der Waals surface area (Å²) in [5, 5.41) is 3.08. The van der Waals surface area contributed by atoms with E-state index in [1.165, 1.54) is 0 Å². The molecule has 120 valence electrons. The minimum Gasteiger partial charge on any atom is -0.355 e. The smallest absolute Gasteiger partial charge is 0.193 e. The van der Waals surface area contributed by atoms with Crippen LogP contribution in [0.5, 0.6) is 0 Å². The third-order valence-electron chi connectivity index (χ3n) is 3.18. The van der Waals surface area contributed by atoms with E-state index in [1.54, 1.807) is 14.0 Å². The Hall–Kier alpha value is -1.02. The van der Waals surface area contributed by atoms with Gasteiger partial charge in [0.1, 0.15) is 0 Å². The first kappa shape index (κ1) is 18.0. The van der Waals surface area contributed by atoms with Crippen LogP contribution in [0.25, 0.3) is 0 Å². The highest BCUT2D eigenvalue weighted by molar-refractivity contribution is 9.10. The Morgan fingerprint density at radius 3 is 2.67 bits per heavy atom. The summed E-state index contributed by atoms with van der Waals surface area (Å²) in [6.45, 7) is 2.70. The molecule has 0 saturated carbocycles. The summed E-state index contributed by atoms with van der Waals surface area (Å²) in [5.41, 5.74) is 1.13. The molecular weight excluding hydrogens is 356 g/mol. The lowest BCUT2D eigenvalue weighted by molar-refractivity contribution is 0.463. The lowest BCUT2D eigenvalue weighted by Gasteiger charge is -2.22. The van der Waals surface area contributed by atoms with Crippen molar-refractivity contribution in [2.45, 2.75) is 13.5 Å². The average molecular weight is 379 g/mol. The maximum absolute atomic E-state index is 11.5. The molecule has 1 heterocycles. The molecule has 0 amide bonds. The molecule has 0 atom stereocenters. The normalized spacial score (nSPS) is 12.5. The zero-order valence-corrected chi connectivity index (χ0v) is 15.3. The second kappa shape index (κ2) is 7.84. The Labute approximate surface area is 135 Å². The van der Waals surface area contributed by atoms with Crippen molar-refractivity contribution >= 4 is 31.7 Å². The molecule has 0 saturated heterocycles. The minimum absolute atomic E-state index is 0.117. The molecule has 0 fully saturated rings. The van der Waals surface area contributed by atoms with Crippen molar-refractivity contribution in [3.05, 3.63) is 22.4 Å². The zero-order chi connectivity index (χ0) is 16.0. The van der Waals surface area contributed by atoms with Gasteiger partial charge in [-0.25, -0.2) is 8.42 Å². The summed E-state index contributed by atoms with van der Waals surface area (Å²) >= 11 is 3.45. The molecule has 0 bridgehead atoms. The first-order valence-electron chi connectivity index (χ1n) is 6.72. The summed E-state index contributed by atoms with van der Waals surface area (Å²) in [6, 6.07) is 2.05. The molecule has 0 unspecified atom stereocenters. The first-order chi connectivity index (χ1) is 9.79. The van der Waals surface area contributed by atoms with Crippen LogP contribution in [0, 0.1) is 0 Å². The van der Waals surface area contributed by atoms with Gasteiger partial charge in [0, 0.05) is 49.8 Å². The number of halogens is 1. The SMILES string of the molecule is CCS(=O)(=O)CCNC(=NC)N(C)Cc1cc(Br)cn1C. The van der Waals surface area contributed by atoms with Gasteiger partial charge in [0.05, 0.1) is 12.3 Å². The van der Waals surface area contributed by atoms with Crippen molar-refractivity contribution in [2.24, 2.45) is 12.0 Å². The number of aliphatic imine (C=N–C) groups is 1. The predicted octanol–water partition coefficient (Wildman–Crippen LogP) is 1.23. The fourth-order valence-corrected chi connectivity index (χ4v) is 3.16. The number of nitrogens with zero attached hydrogens (tertiary/aromatic N) is 3. The van der Waals surface area contributed by atoms with E-state index >= 15 is 0 Å². The second-order valence-electron chi connectivity index (χ2n) is 4.83. The monoisotopic (exact) mass is 378 g/mol. The molecule has 0 aromatic carbocycles. The van der Waals surface area contributed by atoms with Gasteiger partial charge in [0.15, 0.2) is 15.8 Å². The van der Waals surface area contributed by atoms with Crippen LogP contribution in [0.2, 0.25) is 0 Å². The van der Waals surface area contributed by atoms with Crippen LogP contribution in [0.15, 0.2) is 21.7 Å². The highest BCUT2D eigenvalue weighted by Crippen LogP contribution is 2.14. The van der Waals surface area contributed by atoms with Crippen molar-refractivity contribution in [2.75, 3.05) is 32.1 Å². The van der Waals surface area contributed by atoms with Gasteiger partial charge in [-0.15, -0.1) is 0 Å². The number of aromatic nitrogens is 1. The van der Waals surface area contributed by atoms with Gasteiger partial charge in [0.25, 0.3) is 0 Å². The summed E-state index contributed by atoms with van der Waals surface area (Å²) in [7, 11) is 2.64. The van der Waals surface area contributed by atoms with Crippen LogP contribution in [-0.4, -0.2) is 56.0 Å². The van der Waals surface area contributed by atoms with E-state index in [9.17, 15) is 8.42 Å². The Bertz CT molecular complexity index is 595. The Kier molecular flexibility index (Phi) is 6.73. The predicted molar refractivity (Wildman–Crippen MR) is 90.3 cm³/mol. The van der Waals surface area contributed by atoms with Crippen molar-refractivity contribution in [1.29, 1.82) is 0 Å². The summed E-state index contributed by atoms with van der Waals surface area (Å²) in [4.78, 5) is 6.14. The lowest BCUT2D eigenvalue weighted by Crippen LogP contribution is -2.40. The van der Waals surface area contributed by atoms with Crippen LogP contribution < -0.4 is 5.32 Å². The molecule has 21 heavy (non-hydrogen) atoms. The van der Waals surface area contributed by atoms with Crippen LogP contribution >= 0.6 is 15.9 Å². The molecule has 0 spiro atoms. The van der Waals surface area contributed by atoms with Crippen molar-refractivity contribution < 1.29 is 8.42 Å². The number of rotatable bonds is 6. The maximum atomic E-state index is 11.5. The largest absolute Gasteiger partial charge is 0.355 e. The van der Waals surface area contributed by atoms with Crippen LogP contribution in [-0.2, 0) is 23.4 Å². The average Bonchev–Trinajstić information content (AvgIpc) is 2.72. The summed E-state index contributed by atoms with van der Waals surface area (Å²) in [6.07, 6.45) is 1.99. The van der Waals surface area contributed by atoms with Gasteiger partial charge >= 0.3 is 0 Å². The molecule has 6 nitrogen and oxygen atoms in total. The maximum Gasteiger partial charge on any atom is 0.193 e. The highest BCUT2D eigenvalue weighted by atomic mass is 79.9. The van der Waals surface area contributed by atoms with E-state index in [4.69, 9.17) is 0 Å². The van der Waals surface area contributed by atoms with Gasteiger partial charge in [-0.2, -0.15) is 0 Å². The standard InChI is InChI=1S/C13H23BrN4O2S/c1-5-21(19,20)7-6-16-13(15-2)18(4)10-12-8-11(14)9-17(12)3/h8-9H,5-7,10H2,1-4H3,(H,15,16). The molecule has 1 N–H and O–H groups in total. The van der Waals surface area contributed by atoms with Crippen molar-refractivity contribution in [3.8, 4) is 0 Å². The van der Waals surface area contributed by atoms with Crippen molar-refractivity contribution in [3.63, 3.8) is 0 Å². The topological polar surface area (TPSA) is 66.7 Å². The molecular formula is C13H23BrN4O2S. The van der Waals surface area contributed by atoms with E-state index in [0.717, 1.165) is 10.2 Å². The molecule has 1 rings (SSSR count). The summed E-state index contributed by atoms with van der Waals surface area (Å²) in [5.74, 6) is 0.964. The summed E-state index contributed by atoms with van der Waals surface area (Å²) < 4.78 is 26.0. The van der Waals surface area contributed by atoms with Crippen LogP contribution in [0.3, 0.4) is 0 Å². The molecule has 0 radical (unpaired) electrons. The lowest BCUT2D eigenvalue weighted by atomic mass is 10.4. The third-order valence-corrected chi connectivity index (χ3v) is 5.32. The Balaban J connectivity index is 2.58. The Morgan fingerprint density at radius 1 is 1.52 bits per heavy atom. The molecule has 0 aliphatic heterocycles. The van der Waals surface area contributed by atoms with Crippen LogP contribution in [0.1, 0.15) is 12.6 Å². The fraction of sp³-hybridized carbons (Fsp3) is 0.615. The second-order valence-corrected chi connectivity index (χ2v) is 8.22. The van der Waals surface area contributed by atoms with E-state index in [0.29, 0.717) is 19.0 Å². The Morgan fingerprint density at radius 2 is 2.19 bits per heavy atom. The van der Waals surface area contributed by atoms with E-state index in [1.807, 2.05) is 35.8 Å². The van der Waals surface area contributed by atoms with Crippen molar-refractivity contribution in [1.82, 2.24) is 14.8 Å². The molecule has 8 heteroatoms. The fourth-order valence-electron chi connectivity index (χ4n) is 1.89. The van der Waals surface area contributed by atoms with Gasteiger partial charge < -0.3 is 14.8 Å². The van der Waals surface area contributed by atoms with Gasteiger partial charge in [0.2, 0.25) is 0 Å². The number of hydrogen-bond donors (Lipinski definition) is 1. The zero-order valence-electron chi connectivity index (χ0n) is 12.9. The number of sulfone groups is 1. The number of hydrogen-bond acceptors (Lipinski definition) is 3. The number of aryl methyl sites for hydroxylation is 1. The molecule has 0 aliphatic rings. The van der Waals surface area contributed by atoms with Gasteiger partial charge in [-0.1, -0.05) is 6.92 Å². The molecule has 1 aromatic rings. The number of guanidine groups is 1. The van der Waals surface area contributed by atoms with Crippen LogP contribution in [0.4, 0.5) is 0 Å². The highest BCUT2D eigenvalue weighted by Gasteiger charge is 2.11. The van der Waals surface area contributed by atoms with E-state index in [2.05, 4.69) is 26.2 Å². The van der Waals surface area contributed by atoms with Gasteiger partial charge in [-0.3, -0.25) is 4.99 Å². The van der Waals surface area contributed by atoms with Gasteiger partial charge in [-0.05, 0) is 22.0 Å². The first-order valence-corrected chi connectivity index (χ1v) is 9.33.